The second-order valence-electron chi connectivity index (χ2n) is 5.60. The molecule has 0 aliphatic carbocycles. The number of aromatic hydroxyl groups is 1. The number of phenols is 1. The highest BCUT2D eigenvalue weighted by Crippen LogP contribution is 2.32. The fraction of sp³-hybridized carbons (Fsp3) is 0.111. The van der Waals surface area contributed by atoms with Gasteiger partial charge in [0, 0.05) is 17.6 Å². The first kappa shape index (κ1) is 20.2. The van der Waals surface area contributed by atoms with Crippen LogP contribution in [-0.2, 0) is 4.74 Å². The van der Waals surface area contributed by atoms with Gasteiger partial charge in [-0.2, -0.15) is 0 Å². The van der Waals surface area contributed by atoms with Crippen molar-refractivity contribution in [1.29, 1.82) is 0 Å². The average Bonchev–Trinajstić information content (AvgIpc) is 3.12. The number of urea groups is 1. The molecular formula is C18H15Cl2N3O4S. The lowest BCUT2D eigenvalue weighted by Crippen LogP contribution is -2.43. The van der Waals surface area contributed by atoms with Crippen LogP contribution < -0.4 is 15.5 Å². The Balaban J connectivity index is 1.72. The van der Waals surface area contributed by atoms with Crippen molar-refractivity contribution in [3.63, 3.8) is 0 Å². The van der Waals surface area contributed by atoms with Crippen LogP contribution >= 0.6 is 35.0 Å². The minimum Gasteiger partial charge on any atom is -0.507 e. The van der Waals surface area contributed by atoms with Gasteiger partial charge < -0.3 is 25.4 Å². The second kappa shape index (κ2) is 8.64. The largest absolute Gasteiger partial charge is 0.507 e. The molecule has 0 saturated heterocycles. The fourth-order valence-corrected chi connectivity index (χ4v) is 3.60. The normalized spacial score (nSPS) is 15.4. The minimum atomic E-state index is -0.656. The number of ether oxygens (including phenoxy) is 1. The zero-order chi connectivity index (χ0) is 20.3. The maximum atomic E-state index is 12.3. The highest BCUT2D eigenvalue weighted by atomic mass is 35.5. The number of carbonyl (C=O) groups excluding carboxylic acids is 2. The maximum Gasteiger partial charge on any atom is 0.341 e. The van der Waals surface area contributed by atoms with Gasteiger partial charge >= 0.3 is 12.0 Å². The molecule has 10 heteroatoms. The molecule has 1 heterocycles. The van der Waals surface area contributed by atoms with Gasteiger partial charge in [-0.25, -0.2) is 9.59 Å². The predicted octanol–water partition coefficient (Wildman–Crippen LogP) is 4.62. The van der Waals surface area contributed by atoms with Gasteiger partial charge in [0.15, 0.2) is 5.50 Å². The summed E-state index contributed by atoms with van der Waals surface area (Å²) in [6.45, 7) is 0. The number of phenolic OH excluding ortho intramolecular Hbond substituents is 1. The van der Waals surface area contributed by atoms with Crippen molar-refractivity contribution >= 4 is 58.3 Å². The molecule has 0 fully saturated rings. The molecular weight excluding hydrogens is 425 g/mol. The minimum absolute atomic E-state index is 0.0318. The number of hydrogen-bond donors (Lipinski definition) is 3. The Bertz CT molecular complexity index is 954. The number of halogens is 2. The van der Waals surface area contributed by atoms with Gasteiger partial charge in [0.25, 0.3) is 0 Å². The number of methoxy groups -OCH3 is 1. The smallest absolute Gasteiger partial charge is 0.341 e. The summed E-state index contributed by atoms with van der Waals surface area (Å²) in [4.78, 5) is 25.9. The molecule has 7 nitrogen and oxygen atoms in total. The van der Waals surface area contributed by atoms with E-state index in [-0.39, 0.29) is 11.3 Å². The van der Waals surface area contributed by atoms with Crippen molar-refractivity contribution in [3.8, 4) is 5.75 Å². The Kier molecular flexibility index (Phi) is 6.23. The van der Waals surface area contributed by atoms with Crippen molar-refractivity contribution in [3.05, 3.63) is 63.6 Å². The Morgan fingerprint density at radius 3 is 2.68 bits per heavy atom. The topological polar surface area (TPSA) is 90.9 Å². The van der Waals surface area contributed by atoms with Crippen molar-refractivity contribution in [1.82, 2.24) is 5.32 Å². The standard InChI is InChI=1S/C18H15Cl2N3O4S/c1-27-16(25)12-9-11(3-5-15(12)24)23-6-7-28-18(23)22-17(26)21-10-2-4-13(19)14(20)8-10/h2-9,18,24H,1H3,(H2,21,22,26). The zero-order valence-corrected chi connectivity index (χ0v) is 16.8. The summed E-state index contributed by atoms with van der Waals surface area (Å²) in [6, 6.07) is 8.83. The number of nitrogens with one attached hydrogen (secondary N) is 2. The molecule has 2 aromatic carbocycles. The maximum absolute atomic E-state index is 12.3. The SMILES string of the molecule is COC(=O)c1cc(N2C=CSC2NC(=O)Nc2ccc(Cl)c(Cl)c2)ccc1O. The van der Waals surface area contributed by atoms with Crippen molar-refractivity contribution in [2.24, 2.45) is 0 Å². The molecule has 1 aliphatic rings. The number of nitrogens with zero attached hydrogens (tertiary/aromatic N) is 1. The van der Waals surface area contributed by atoms with Crippen LogP contribution in [0.3, 0.4) is 0 Å². The van der Waals surface area contributed by atoms with E-state index in [0.717, 1.165) is 0 Å². The van der Waals surface area contributed by atoms with E-state index < -0.39 is 17.5 Å². The predicted molar refractivity (Wildman–Crippen MR) is 111 cm³/mol. The van der Waals surface area contributed by atoms with Crippen LogP contribution in [-0.4, -0.2) is 29.7 Å². The second-order valence-corrected chi connectivity index (χ2v) is 7.41. The van der Waals surface area contributed by atoms with Crippen LogP contribution in [0, 0.1) is 0 Å². The first-order chi connectivity index (χ1) is 13.4. The summed E-state index contributed by atoms with van der Waals surface area (Å²) in [7, 11) is 1.23. The van der Waals surface area contributed by atoms with Gasteiger partial charge in [0.2, 0.25) is 0 Å². The molecule has 0 radical (unpaired) electrons. The van der Waals surface area contributed by atoms with Gasteiger partial charge in [-0.15, -0.1) is 0 Å². The summed E-state index contributed by atoms with van der Waals surface area (Å²) in [5.41, 5.74) is 0.661. The number of rotatable bonds is 4. The Morgan fingerprint density at radius 2 is 1.96 bits per heavy atom. The summed E-state index contributed by atoms with van der Waals surface area (Å²) >= 11 is 13.2. The third-order valence-corrected chi connectivity index (χ3v) is 5.42. The third-order valence-electron chi connectivity index (χ3n) is 3.80. The quantitative estimate of drug-likeness (QED) is 0.602. The van der Waals surface area contributed by atoms with E-state index in [1.54, 1.807) is 40.8 Å². The molecule has 146 valence electrons. The monoisotopic (exact) mass is 439 g/mol. The zero-order valence-electron chi connectivity index (χ0n) is 14.5. The lowest BCUT2D eigenvalue weighted by atomic mass is 10.1. The van der Waals surface area contributed by atoms with Crippen molar-refractivity contribution in [2.45, 2.75) is 5.50 Å². The average molecular weight is 440 g/mol. The Labute approximate surface area is 175 Å². The number of carbonyl (C=O) groups is 2. The van der Waals surface area contributed by atoms with Gasteiger partial charge in [-0.05, 0) is 41.8 Å². The summed E-state index contributed by atoms with van der Waals surface area (Å²) in [5, 5.41) is 17.9. The molecule has 1 atom stereocenters. The van der Waals surface area contributed by atoms with E-state index in [1.165, 1.54) is 31.0 Å². The first-order valence-electron chi connectivity index (χ1n) is 7.93. The molecule has 28 heavy (non-hydrogen) atoms. The van der Waals surface area contributed by atoms with Crippen LogP contribution in [0.4, 0.5) is 16.2 Å². The number of benzene rings is 2. The van der Waals surface area contributed by atoms with Crippen molar-refractivity contribution < 1.29 is 19.4 Å². The van der Waals surface area contributed by atoms with Crippen LogP contribution in [0.1, 0.15) is 10.4 Å². The molecule has 0 saturated carbocycles. The molecule has 1 unspecified atom stereocenters. The summed E-state index contributed by atoms with van der Waals surface area (Å²) in [6.07, 6.45) is 1.75. The van der Waals surface area contributed by atoms with Gasteiger partial charge in [0.1, 0.15) is 11.3 Å². The summed E-state index contributed by atoms with van der Waals surface area (Å²) in [5.74, 6) is -0.842. The van der Waals surface area contributed by atoms with Crippen molar-refractivity contribution in [2.75, 3.05) is 17.3 Å². The van der Waals surface area contributed by atoms with Crippen LogP contribution in [0.2, 0.25) is 10.0 Å². The van der Waals surface area contributed by atoms with Gasteiger partial charge in [-0.1, -0.05) is 35.0 Å². The third kappa shape index (κ3) is 4.46. The van der Waals surface area contributed by atoms with E-state index in [9.17, 15) is 14.7 Å². The molecule has 2 aromatic rings. The summed E-state index contributed by atoms with van der Waals surface area (Å²) < 4.78 is 4.67. The van der Waals surface area contributed by atoms with E-state index in [1.807, 2.05) is 0 Å². The van der Waals surface area contributed by atoms with Crippen LogP contribution in [0.25, 0.3) is 0 Å². The molecule has 2 amide bonds. The lowest BCUT2D eigenvalue weighted by molar-refractivity contribution is 0.0597. The van der Waals surface area contributed by atoms with Gasteiger partial charge in [0.05, 0.1) is 17.2 Å². The fourth-order valence-electron chi connectivity index (χ4n) is 2.46. The van der Waals surface area contributed by atoms with Gasteiger partial charge in [-0.3, -0.25) is 0 Å². The molecule has 0 bridgehead atoms. The lowest BCUT2D eigenvalue weighted by Gasteiger charge is -2.26. The number of hydrogen-bond acceptors (Lipinski definition) is 6. The first-order valence-corrected chi connectivity index (χ1v) is 9.63. The number of esters is 1. The number of anilines is 2. The molecule has 1 aliphatic heterocycles. The van der Waals surface area contributed by atoms with E-state index in [4.69, 9.17) is 23.2 Å². The Morgan fingerprint density at radius 1 is 1.18 bits per heavy atom. The van der Waals surface area contributed by atoms with Crippen LogP contribution in [0.5, 0.6) is 5.75 Å². The number of thioether (sulfide) groups is 1. The van der Waals surface area contributed by atoms with E-state index >= 15 is 0 Å². The molecule has 0 spiro atoms. The van der Waals surface area contributed by atoms with E-state index in [2.05, 4.69) is 15.4 Å². The molecule has 0 aromatic heterocycles. The highest BCUT2D eigenvalue weighted by Gasteiger charge is 2.25. The molecule has 3 rings (SSSR count). The molecule has 3 N–H and O–H groups in total. The van der Waals surface area contributed by atoms with Crippen LogP contribution in [0.15, 0.2) is 48.0 Å². The highest BCUT2D eigenvalue weighted by molar-refractivity contribution is 8.03. The van der Waals surface area contributed by atoms with E-state index in [0.29, 0.717) is 21.4 Å². The number of amides is 2. The Hall–Kier alpha value is -2.55.